The summed E-state index contributed by atoms with van der Waals surface area (Å²) in [5.74, 6) is -1.45. The molecular weight excluding hydrogens is 236 g/mol. The van der Waals surface area contributed by atoms with Crippen LogP contribution in [0.15, 0.2) is 42.5 Å². The number of rotatable bonds is 4. The molecule has 4 heteroatoms. The summed E-state index contributed by atoms with van der Waals surface area (Å²) in [6.45, 7) is 1.05. The van der Waals surface area contributed by atoms with E-state index in [1.165, 1.54) is 6.07 Å². The van der Waals surface area contributed by atoms with Gasteiger partial charge in [-0.05, 0) is 35.4 Å². The van der Waals surface area contributed by atoms with E-state index in [-0.39, 0.29) is 5.75 Å². The second kappa shape index (κ2) is 5.60. The zero-order valence-electron chi connectivity index (χ0n) is 9.66. The number of nitrogens with one attached hydrogen (secondary N) is 1. The zero-order chi connectivity index (χ0) is 13.0. The van der Waals surface area contributed by atoms with Crippen LogP contribution in [0, 0.1) is 11.6 Å². The minimum absolute atomic E-state index is 0.222. The third-order valence-corrected chi connectivity index (χ3v) is 2.58. The average Bonchev–Trinajstić information content (AvgIpc) is 2.36. The van der Waals surface area contributed by atoms with Crippen LogP contribution in [0.4, 0.5) is 8.78 Å². The third-order valence-electron chi connectivity index (χ3n) is 2.58. The summed E-state index contributed by atoms with van der Waals surface area (Å²) in [6.07, 6.45) is 0. The molecule has 2 N–H and O–H groups in total. The summed E-state index contributed by atoms with van der Waals surface area (Å²) in [5, 5.41) is 12.2. The molecule has 0 amide bonds. The van der Waals surface area contributed by atoms with E-state index >= 15 is 0 Å². The van der Waals surface area contributed by atoms with Gasteiger partial charge in [0.05, 0.1) is 0 Å². The van der Waals surface area contributed by atoms with Gasteiger partial charge in [-0.25, -0.2) is 8.78 Å². The largest absolute Gasteiger partial charge is 0.508 e. The quantitative estimate of drug-likeness (QED) is 0.873. The van der Waals surface area contributed by atoms with Crippen molar-refractivity contribution in [2.24, 2.45) is 0 Å². The first-order valence-electron chi connectivity index (χ1n) is 5.58. The standard InChI is InChI=1S/C14H13F2NO/c15-13-6-3-11(7-14(13)16)9-17-8-10-1-4-12(18)5-2-10/h1-7,17-18H,8-9H2. The lowest BCUT2D eigenvalue weighted by molar-refractivity contribution is 0.475. The Labute approximate surface area is 104 Å². The minimum Gasteiger partial charge on any atom is -0.508 e. The van der Waals surface area contributed by atoms with Gasteiger partial charge in [0.1, 0.15) is 5.75 Å². The Morgan fingerprint density at radius 2 is 1.44 bits per heavy atom. The number of halogens is 2. The molecule has 2 aromatic carbocycles. The van der Waals surface area contributed by atoms with Crippen molar-refractivity contribution in [2.75, 3.05) is 0 Å². The Kier molecular flexibility index (Phi) is 3.89. The van der Waals surface area contributed by atoms with Crippen LogP contribution >= 0.6 is 0 Å². The highest BCUT2D eigenvalue weighted by atomic mass is 19.2. The third kappa shape index (κ3) is 3.28. The van der Waals surface area contributed by atoms with E-state index in [0.717, 1.165) is 11.6 Å². The highest BCUT2D eigenvalue weighted by Gasteiger charge is 2.02. The van der Waals surface area contributed by atoms with Crippen LogP contribution in [0.25, 0.3) is 0 Å². The van der Waals surface area contributed by atoms with Crippen molar-refractivity contribution in [1.82, 2.24) is 5.32 Å². The number of benzene rings is 2. The molecule has 0 radical (unpaired) electrons. The molecule has 0 fully saturated rings. The molecule has 0 spiro atoms. The van der Waals surface area contributed by atoms with Crippen molar-refractivity contribution in [3.8, 4) is 5.75 Å². The van der Waals surface area contributed by atoms with Crippen LogP contribution in [-0.2, 0) is 13.1 Å². The van der Waals surface area contributed by atoms with Crippen molar-refractivity contribution < 1.29 is 13.9 Å². The lowest BCUT2D eigenvalue weighted by atomic mass is 10.2. The van der Waals surface area contributed by atoms with Crippen LogP contribution in [0.1, 0.15) is 11.1 Å². The first-order chi connectivity index (χ1) is 8.65. The molecular formula is C14H13F2NO. The topological polar surface area (TPSA) is 32.3 Å². The van der Waals surface area contributed by atoms with Gasteiger partial charge in [-0.15, -0.1) is 0 Å². The molecule has 0 saturated heterocycles. The Morgan fingerprint density at radius 1 is 0.833 bits per heavy atom. The molecule has 0 heterocycles. The van der Waals surface area contributed by atoms with E-state index in [2.05, 4.69) is 5.32 Å². The maximum atomic E-state index is 12.9. The normalized spacial score (nSPS) is 10.6. The molecule has 18 heavy (non-hydrogen) atoms. The molecule has 0 unspecified atom stereocenters. The van der Waals surface area contributed by atoms with Crippen molar-refractivity contribution >= 4 is 0 Å². The van der Waals surface area contributed by atoms with Crippen LogP contribution < -0.4 is 5.32 Å². The lowest BCUT2D eigenvalue weighted by Gasteiger charge is -2.05. The highest BCUT2D eigenvalue weighted by Crippen LogP contribution is 2.10. The van der Waals surface area contributed by atoms with E-state index < -0.39 is 11.6 Å². The Hall–Kier alpha value is -1.94. The average molecular weight is 249 g/mol. The maximum Gasteiger partial charge on any atom is 0.159 e. The second-order valence-corrected chi connectivity index (χ2v) is 4.02. The van der Waals surface area contributed by atoms with Crippen molar-refractivity contribution in [3.63, 3.8) is 0 Å². The number of phenolic OH excluding ortho intramolecular Hbond substituents is 1. The van der Waals surface area contributed by atoms with Crippen molar-refractivity contribution in [2.45, 2.75) is 13.1 Å². The van der Waals surface area contributed by atoms with E-state index in [4.69, 9.17) is 5.11 Å². The van der Waals surface area contributed by atoms with Gasteiger partial charge in [0, 0.05) is 13.1 Å². The fraction of sp³-hybridized carbons (Fsp3) is 0.143. The molecule has 2 nitrogen and oxygen atoms in total. The Balaban J connectivity index is 1.88. The van der Waals surface area contributed by atoms with Gasteiger partial charge < -0.3 is 10.4 Å². The van der Waals surface area contributed by atoms with Gasteiger partial charge in [0.15, 0.2) is 11.6 Å². The smallest absolute Gasteiger partial charge is 0.159 e. The van der Waals surface area contributed by atoms with Gasteiger partial charge in [0.2, 0.25) is 0 Å². The Bertz CT molecular complexity index is 526. The SMILES string of the molecule is Oc1ccc(CNCc2ccc(F)c(F)c2)cc1. The second-order valence-electron chi connectivity index (χ2n) is 4.02. The first kappa shape index (κ1) is 12.5. The maximum absolute atomic E-state index is 12.9. The van der Waals surface area contributed by atoms with Gasteiger partial charge in [-0.3, -0.25) is 0 Å². The summed E-state index contributed by atoms with van der Waals surface area (Å²) < 4.78 is 25.6. The van der Waals surface area contributed by atoms with Crippen LogP contribution in [0.5, 0.6) is 5.75 Å². The fourth-order valence-electron chi connectivity index (χ4n) is 1.61. The van der Waals surface area contributed by atoms with Gasteiger partial charge in [-0.2, -0.15) is 0 Å². The summed E-state index contributed by atoms with van der Waals surface area (Å²) in [5.41, 5.74) is 1.70. The molecule has 0 saturated carbocycles. The van der Waals surface area contributed by atoms with Gasteiger partial charge >= 0.3 is 0 Å². The Morgan fingerprint density at radius 3 is 2.11 bits per heavy atom. The van der Waals surface area contributed by atoms with E-state index in [1.807, 2.05) is 0 Å². The molecule has 94 valence electrons. The van der Waals surface area contributed by atoms with Gasteiger partial charge in [-0.1, -0.05) is 18.2 Å². The first-order valence-corrected chi connectivity index (χ1v) is 5.58. The van der Waals surface area contributed by atoms with E-state index in [0.29, 0.717) is 18.7 Å². The molecule has 0 aliphatic carbocycles. The lowest BCUT2D eigenvalue weighted by Crippen LogP contribution is -2.12. The zero-order valence-corrected chi connectivity index (χ0v) is 9.66. The summed E-state index contributed by atoms with van der Waals surface area (Å²) >= 11 is 0. The number of hydrogen-bond donors (Lipinski definition) is 2. The number of aromatic hydroxyl groups is 1. The van der Waals surface area contributed by atoms with Crippen LogP contribution in [0.2, 0.25) is 0 Å². The summed E-state index contributed by atoms with van der Waals surface area (Å²) in [6, 6.07) is 10.7. The molecule has 0 aliphatic rings. The van der Waals surface area contributed by atoms with Crippen molar-refractivity contribution in [1.29, 1.82) is 0 Å². The molecule has 0 bridgehead atoms. The van der Waals surface area contributed by atoms with E-state index in [9.17, 15) is 8.78 Å². The predicted molar refractivity (Wildman–Crippen MR) is 65.0 cm³/mol. The number of hydrogen-bond acceptors (Lipinski definition) is 2. The van der Waals surface area contributed by atoms with Gasteiger partial charge in [0.25, 0.3) is 0 Å². The number of phenols is 1. The molecule has 0 atom stereocenters. The molecule has 2 rings (SSSR count). The fourth-order valence-corrected chi connectivity index (χ4v) is 1.61. The van der Waals surface area contributed by atoms with E-state index in [1.54, 1.807) is 30.3 Å². The predicted octanol–water partition coefficient (Wildman–Crippen LogP) is 2.96. The van der Waals surface area contributed by atoms with Crippen molar-refractivity contribution in [3.05, 3.63) is 65.2 Å². The minimum atomic E-state index is -0.836. The molecule has 0 aromatic heterocycles. The highest BCUT2D eigenvalue weighted by molar-refractivity contribution is 5.26. The summed E-state index contributed by atoms with van der Waals surface area (Å²) in [7, 11) is 0. The molecule has 0 aliphatic heterocycles. The monoisotopic (exact) mass is 249 g/mol. The van der Waals surface area contributed by atoms with Crippen LogP contribution in [-0.4, -0.2) is 5.11 Å². The summed E-state index contributed by atoms with van der Waals surface area (Å²) in [4.78, 5) is 0. The van der Waals surface area contributed by atoms with Crippen LogP contribution in [0.3, 0.4) is 0 Å². The molecule has 2 aromatic rings.